The molecule has 5 nitrogen and oxygen atoms in total. The molecule has 5 heteroatoms. The number of amides is 1. The van der Waals surface area contributed by atoms with E-state index in [1.807, 2.05) is 31.2 Å². The zero-order valence-corrected chi connectivity index (χ0v) is 12.2. The summed E-state index contributed by atoms with van der Waals surface area (Å²) in [6.07, 6.45) is 0.661. The van der Waals surface area contributed by atoms with E-state index in [1.54, 1.807) is 7.11 Å². The van der Waals surface area contributed by atoms with Crippen LogP contribution in [0.3, 0.4) is 0 Å². The van der Waals surface area contributed by atoms with Crippen molar-refractivity contribution < 1.29 is 9.53 Å². The number of nitrogens with zero attached hydrogens (tertiary/aromatic N) is 1. The van der Waals surface area contributed by atoms with Crippen LogP contribution < -0.4 is 15.8 Å². The lowest BCUT2D eigenvalue weighted by molar-refractivity contribution is -0.132. The van der Waals surface area contributed by atoms with Crippen molar-refractivity contribution in [3.63, 3.8) is 0 Å². The number of ether oxygens (including phenoxy) is 1. The maximum absolute atomic E-state index is 12.2. The maximum Gasteiger partial charge on any atom is 0.242 e. The highest BCUT2D eigenvalue weighted by molar-refractivity contribution is 5.86. The van der Waals surface area contributed by atoms with Crippen molar-refractivity contribution in [3.8, 4) is 5.75 Å². The van der Waals surface area contributed by atoms with Gasteiger partial charge in [-0.1, -0.05) is 19.1 Å². The molecule has 1 unspecified atom stereocenters. The Bertz CT molecular complexity index is 455. The van der Waals surface area contributed by atoms with Crippen LogP contribution in [0.1, 0.15) is 18.9 Å². The minimum Gasteiger partial charge on any atom is -0.497 e. The van der Waals surface area contributed by atoms with Gasteiger partial charge in [0.15, 0.2) is 0 Å². The van der Waals surface area contributed by atoms with E-state index >= 15 is 0 Å². The van der Waals surface area contributed by atoms with E-state index in [1.165, 1.54) is 0 Å². The Labute approximate surface area is 120 Å². The first kappa shape index (κ1) is 14.8. The number of nitrogens with one attached hydrogen (secondary N) is 1. The van der Waals surface area contributed by atoms with E-state index in [-0.39, 0.29) is 5.91 Å². The second kappa shape index (κ2) is 6.24. The second-order valence-electron chi connectivity index (χ2n) is 5.04. The van der Waals surface area contributed by atoms with E-state index in [4.69, 9.17) is 10.5 Å². The van der Waals surface area contributed by atoms with Gasteiger partial charge in [-0.25, -0.2) is 0 Å². The van der Waals surface area contributed by atoms with Crippen LogP contribution in [0, 0.1) is 0 Å². The molecule has 1 saturated heterocycles. The first-order chi connectivity index (χ1) is 9.65. The summed E-state index contributed by atoms with van der Waals surface area (Å²) >= 11 is 0. The largest absolute Gasteiger partial charge is 0.497 e. The summed E-state index contributed by atoms with van der Waals surface area (Å²) in [4.78, 5) is 14.4. The van der Waals surface area contributed by atoms with E-state index in [9.17, 15) is 4.79 Å². The van der Waals surface area contributed by atoms with Crippen LogP contribution in [-0.4, -0.2) is 44.1 Å². The Morgan fingerprint density at radius 2 is 1.95 bits per heavy atom. The van der Waals surface area contributed by atoms with Gasteiger partial charge in [-0.3, -0.25) is 9.69 Å². The van der Waals surface area contributed by atoms with Gasteiger partial charge in [-0.15, -0.1) is 0 Å². The minimum absolute atomic E-state index is 0.285. The number of primary amides is 1. The summed E-state index contributed by atoms with van der Waals surface area (Å²) in [7, 11) is 1.63. The minimum atomic E-state index is -0.728. The van der Waals surface area contributed by atoms with E-state index in [2.05, 4.69) is 10.2 Å². The predicted octanol–water partition coefficient (Wildman–Crippen LogP) is 0.691. The van der Waals surface area contributed by atoms with Gasteiger partial charge >= 0.3 is 0 Å². The predicted molar refractivity (Wildman–Crippen MR) is 78.6 cm³/mol. The highest BCUT2D eigenvalue weighted by Gasteiger charge is 2.42. The highest BCUT2D eigenvalue weighted by Crippen LogP contribution is 2.33. The van der Waals surface area contributed by atoms with Crippen molar-refractivity contribution in [2.75, 3.05) is 33.3 Å². The first-order valence-corrected chi connectivity index (χ1v) is 7.05. The van der Waals surface area contributed by atoms with Crippen LogP contribution in [0.25, 0.3) is 0 Å². The van der Waals surface area contributed by atoms with Gasteiger partial charge in [-0.2, -0.15) is 0 Å². The maximum atomic E-state index is 12.2. The van der Waals surface area contributed by atoms with Gasteiger partial charge in [0.25, 0.3) is 0 Å². The number of carbonyl (C=O) groups is 1. The SMILES string of the molecule is CCC(C(N)=O)(c1ccc(OC)cc1)N1CCNCC1. The number of hydrogen-bond donors (Lipinski definition) is 2. The van der Waals surface area contributed by atoms with Crippen LogP contribution >= 0.6 is 0 Å². The number of carbonyl (C=O) groups excluding carboxylic acids is 1. The van der Waals surface area contributed by atoms with Crippen LogP contribution in [0.2, 0.25) is 0 Å². The molecular formula is C15H23N3O2. The van der Waals surface area contributed by atoms with Gasteiger partial charge in [-0.05, 0) is 24.1 Å². The summed E-state index contributed by atoms with van der Waals surface area (Å²) < 4.78 is 5.18. The molecule has 3 N–H and O–H groups in total. The van der Waals surface area contributed by atoms with E-state index in [0.29, 0.717) is 6.42 Å². The van der Waals surface area contributed by atoms with Gasteiger partial charge in [0, 0.05) is 26.2 Å². The van der Waals surface area contributed by atoms with E-state index in [0.717, 1.165) is 37.5 Å². The highest BCUT2D eigenvalue weighted by atomic mass is 16.5. The summed E-state index contributed by atoms with van der Waals surface area (Å²) in [5.74, 6) is 0.496. The Morgan fingerprint density at radius 3 is 2.40 bits per heavy atom. The molecule has 1 heterocycles. The summed E-state index contributed by atoms with van der Waals surface area (Å²) in [6, 6.07) is 7.64. The topological polar surface area (TPSA) is 67.6 Å². The van der Waals surface area contributed by atoms with Crippen molar-refractivity contribution in [2.45, 2.75) is 18.9 Å². The van der Waals surface area contributed by atoms with E-state index < -0.39 is 5.54 Å². The fourth-order valence-electron chi connectivity index (χ4n) is 3.00. The smallest absolute Gasteiger partial charge is 0.242 e. The molecule has 20 heavy (non-hydrogen) atoms. The van der Waals surface area contributed by atoms with Gasteiger partial charge in [0.2, 0.25) is 5.91 Å². The number of piperazine rings is 1. The van der Waals surface area contributed by atoms with Crippen molar-refractivity contribution in [1.29, 1.82) is 0 Å². The Morgan fingerprint density at radius 1 is 1.35 bits per heavy atom. The van der Waals surface area contributed by atoms with Crippen molar-refractivity contribution in [2.24, 2.45) is 5.73 Å². The van der Waals surface area contributed by atoms with Crippen molar-refractivity contribution >= 4 is 5.91 Å². The molecule has 1 fully saturated rings. The van der Waals surface area contributed by atoms with Crippen LogP contribution in [0.4, 0.5) is 0 Å². The molecule has 1 amide bonds. The summed E-state index contributed by atoms with van der Waals surface area (Å²) in [5.41, 5.74) is 6.00. The number of nitrogens with two attached hydrogens (primary N) is 1. The van der Waals surface area contributed by atoms with Gasteiger partial charge in [0.1, 0.15) is 11.3 Å². The van der Waals surface area contributed by atoms with Gasteiger partial charge in [0.05, 0.1) is 7.11 Å². The molecule has 110 valence electrons. The Balaban J connectivity index is 2.41. The lowest BCUT2D eigenvalue weighted by Crippen LogP contribution is -2.59. The molecule has 1 aromatic carbocycles. The fraction of sp³-hybridized carbons (Fsp3) is 0.533. The zero-order valence-electron chi connectivity index (χ0n) is 12.2. The molecule has 0 bridgehead atoms. The van der Waals surface area contributed by atoms with Crippen LogP contribution in [0.5, 0.6) is 5.75 Å². The van der Waals surface area contributed by atoms with Crippen LogP contribution in [0.15, 0.2) is 24.3 Å². The third-order valence-corrected chi connectivity index (χ3v) is 4.14. The normalized spacial score (nSPS) is 19.3. The number of benzene rings is 1. The summed E-state index contributed by atoms with van der Waals surface area (Å²) in [6.45, 7) is 5.42. The molecule has 0 radical (unpaired) electrons. The monoisotopic (exact) mass is 277 g/mol. The number of rotatable bonds is 5. The lowest BCUT2D eigenvalue weighted by Gasteiger charge is -2.43. The standard InChI is InChI=1S/C15H23N3O2/c1-3-15(14(16)19,18-10-8-17-9-11-18)12-4-6-13(20-2)7-5-12/h4-7,17H,3,8-11H2,1-2H3,(H2,16,19). The van der Waals surface area contributed by atoms with Crippen molar-refractivity contribution in [3.05, 3.63) is 29.8 Å². The fourth-order valence-corrected chi connectivity index (χ4v) is 3.00. The third-order valence-electron chi connectivity index (χ3n) is 4.14. The zero-order chi connectivity index (χ0) is 14.6. The number of methoxy groups -OCH3 is 1. The number of hydrogen-bond acceptors (Lipinski definition) is 4. The average molecular weight is 277 g/mol. The Hall–Kier alpha value is -1.59. The molecule has 1 aliphatic heterocycles. The molecule has 2 rings (SSSR count). The lowest BCUT2D eigenvalue weighted by atomic mass is 9.84. The van der Waals surface area contributed by atoms with Crippen molar-refractivity contribution in [1.82, 2.24) is 10.2 Å². The molecule has 0 aliphatic carbocycles. The first-order valence-electron chi connectivity index (χ1n) is 7.05. The Kier molecular flexibility index (Phi) is 4.62. The third kappa shape index (κ3) is 2.51. The molecule has 0 aromatic heterocycles. The quantitative estimate of drug-likeness (QED) is 0.831. The molecule has 0 spiro atoms. The molecule has 0 saturated carbocycles. The molecule has 1 aromatic rings. The van der Waals surface area contributed by atoms with Crippen LogP contribution in [-0.2, 0) is 10.3 Å². The molecule has 1 aliphatic rings. The van der Waals surface area contributed by atoms with Gasteiger partial charge < -0.3 is 15.8 Å². The summed E-state index contributed by atoms with van der Waals surface area (Å²) in [5, 5.41) is 3.31. The molecular weight excluding hydrogens is 254 g/mol. The molecule has 1 atom stereocenters. The average Bonchev–Trinajstić information content (AvgIpc) is 2.50. The second-order valence-corrected chi connectivity index (χ2v) is 5.04.